The van der Waals surface area contributed by atoms with E-state index in [1.54, 1.807) is 11.3 Å². The van der Waals surface area contributed by atoms with Crippen LogP contribution < -0.4 is 10.6 Å². The summed E-state index contributed by atoms with van der Waals surface area (Å²) in [5, 5.41) is 9.17. The summed E-state index contributed by atoms with van der Waals surface area (Å²) in [5.74, 6) is 1.07. The van der Waals surface area contributed by atoms with Gasteiger partial charge < -0.3 is 10.6 Å². The number of hydrogen-bond acceptors (Lipinski definition) is 4. The summed E-state index contributed by atoms with van der Waals surface area (Å²) in [5.41, 5.74) is 0.563. The van der Waals surface area contributed by atoms with Crippen molar-refractivity contribution in [1.82, 2.24) is 15.6 Å². The average molecular weight is 267 g/mol. The van der Waals surface area contributed by atoms with E-state index in [-0.39, 0.29) is 5.91 Å². The van der Waals surface area contributed by atoms with Crippen molar-refractivity contribution >= 4 is 17.2 Å². The van der Waals surface area contributed by atoms with Crippen LogP contribution in [-0.2, 0) is 0 Å². The Balaban J connectivity index is 1.76. The molecular weight excluding hydrogens is 246 g/mol. The first-order chi connectivity index (χ1) is 8.66. The number of rotatable bonds is 5. The minimum atomic E-state index is -0.0379. The lowest BCUT2D eigenvalue weighted by Crippen LogP contribution is -2.26. The minimum Gasteiger partial charge on any atom is -0.351 e. The number of thiazole rings is 1. The zero-order valence-electron chi connectivity index (χ0n) is 11.0. The lowest BCUT2D eigenvalue weighted by Gasteiger charge is -2.08. The van der Waals surface area contributed by atoms with E-state index < -0.39 is 0 Å². The Hall–Kier alpha value is -0.940. The molecule has 4 nitrogen and oxygen atoms in total. The lowest BCUT2D eigenvalue weighted by molar-refractivity contribution is 0.0947. The summed E-state index contributed by atoms with van der Waals surface area (Å²) >= 11 is 1.56. The van der Waals surface area contributed by atoms with Crippen LogP contribution in [0.25, 0.3) is 0 Å². The maximum Gasteiger partial charge on any atom is 0.270 e. The fraction of sp³-hybridized carbons (Fsp3) is 0.692. The van der Waals surface area contributed by atoms with Crippen LogP contribution in [0.3, 0.4) is 0 Å². The van der Waals surface area contributed by atoms with Gasteiger partial charge in [-0.05, 0) is 31.8 Å². The van der Waals surface area contributed by atoms with Crippen LogP contribution in [0.5, 0.6) is 0 Å². The number of nitrogens with one attached hydrogen (secondary N) is 2. The molecule has 0 spiro atoms. The maximum absolute atomic E-state index is 11.9. The summed E-state index contributed by atoms with van der Waals surface area (Å²) in [6.07, 6.45) is 2.28. The van der Waals surface area contributed by atoms with Gasteiger partial charge in [0.2, 0.25) is 0 Å². The highest BCUT2D eigenvalue weighted by Crippen LogP contribution is 2.19. The molecule has 1 aliphatic heterocycles. The third-order valence-electron chi connectivity index (χ3n) is 3.25. The average Bonchev–Trinajstić information content (AvgIpc) is 2.99. The predicted octanol–water partition coefficient (Wildman–Crippen LogP) is 2.00. The largest absolute Gasteiger partial charge is 0.351 e. The van der Waals surface area contributed by atoms with Gasteiger partial charge in [-0.1, -0.05) is 13.8 Å². The van der Waals surface area contributed by atoms with Gasteiger partial charge in [0.25, 0.3) is 5.91 Å². The predicted molar refractivity (Wildman–Crippen MR) is 74.1 cm³/mol. The molecule has 0 aliphatic carbocycles. The second-order valence-corrected chi connectivity index (χ2v) is 6.02. The van der Waals surface area contributed by atoms with Gasteiger partial charge in [0.1, 0.15) is 5.69 Å². The molecule has 0 radical (unpaired) electrons. The van der Waals surface area contributed by atoms with Crippen LogP contribution in [0.4, 0.5) is 0 Å². The van der Waals surface area contributed by atoms with Crippen molar-refractivity contribution in [1.29, 1.82) is 0 Å². The van der Waals surface area contributed by atoms with Gasteiger partial charge in [0, 0.05) is 17.8 Å². The highest BCUT2D eigenvalue weighted by Gasteiger charge is 2.15. The zero-order chi connectivity index (χ0) is 13.0. The number of aromatic nitrogens is 1. The molecule has 0 saturated carbocycles. The Bertz CT molecular complexity index is 397. The SMILES string of the molecule is CC(C)c1nc(C(=O)NCCC2CCNC2)cs1. The summed E-state index contributed by atoms with van der Waals surface area (Å²) in [4.78, 5) is 16.2. The first-order valence-corrected chi connectivity index (χ1v) is 7.49. The van der Waals surface area contributed by atoms with Crippen molar-refractivity contribution in [2.75, 3.05) is 19.6 Å². The third-order valence-corrected chi connectivity index (χ3v) is 4.39. The van der Waals surface area contributed by atoms with E-state index in [1.165, 1.54) is 6.42 Å². The highest BCUT2D eigenvalue weighted by atomic mass is 32.1. The molecular formula is C13H21N3OS. The van der Waals surface area contributed by atoms with Crippen molar-refractivity contribution in [3.05, 3.63) is 16.1 Å². The van der Waals surface area contributed by atoms with Gasteiger partial charge in [-0.25, -0.2) is 4.98 Å². The molecule has 1 unspecified atom stereocenters. The van der Waals surface area contributed by atoms with Crippen molar-refractivity contribution < 1.29 is 4.79 Å². The topological polar surface area (TPSA) is 54.0 Å². The van der Waals surface area contributed by atoms with E-state index in [0.29, 0.717) is 17.5 Å². The normalized spacial score (nSPS) is 19.4. The second kappa shape index (κ2) is 6.29. The molecule has 1 aromatic heterocycles. The van der Waals surface area contributed by atoms with Gasteiger partial charge in [-0.2, -0.15) is 0 Å². The first-order valence-electron chi connectivity index (χ1n) is 6.61. The fourth-order valence-corrected chi connectivity index (χ4v) is 2.91. The summed E-state index contributed by atoms with van der Waals surface area (Å²) < 4.78 is 0. The number of nitrogens with zero attached hydrogens (tertiary/aromatic N) is 1. The summed E-state index contributed by atoms with van der Waals surface area (Å²) in [6, 6.07) is 0. The van der Waals surface area contributed by atoms with Gasteiger partial charge in [0.05, 0.1) is 5.01 Å². The highest BCUT2D eigenvalue weighted by molar-refractivity contribution is 7.09. The molecule has 5 heteroatoms. The second-order valence-electron chi connectivity index (χ2n) is 5.13. The van der Waals surface area contributed by atoms with Gasteiger partial charge in [-0.3, -0.25) is 4.79 Å². The van der Waals surface area contributed by atoms with E-state index in [2.05, 4.69) is 29.5 Å². The molecule has 0 aromatic carbocycles. The van der Waals surface area contributed by atoms with Crippen LogP contribution in [0.15, 0.2) is 5.38 Å². The van der Waals surface area contributed by atoms with Gasteiger partial charge >= 0.3 is 0 Å². The van der Waals surface area contributed by atoms with E-state index in [4.69, 9.17) is 0 Å². The van der Waals surface area contributed by atoms with Crippen molar-refractivity contribution in [2.45, 2.75) is 32.6 Å². The smallest absolute Gasteiger partial charge is 0.270 e. The molecule has 1 aromatic rings. The molecule has 1 amide bonds. The van der Waals surface area contributed by atoms with E-state index >= 15 is 0 Å². The quantitative estimate of drug-likeness (QED) is 0.858. The molecule has 2 heterocycles. The molecule has 1 saturated heterocycles. The Morgan fingerprint density at radius 3 is 3.11 bits per heavy atom. The van der Waals surface area contributed by atoms with Crippen LogP contribution in [0, 0.1) is 5.92 Å². The van der Waals surface area contributed by atoms with Crippen molar-refractivity contribution in [2.24, 2.45) is 5.92 Å². The van der Waals surface area contributed by atoms with Gasteiger partial charge in [0.15, 0.2) is 0 Å². The number of amides is 1. The zero-order valence-corrected chi connectivity index (χ0v) is 11.8. The van der Waals surface area contributed by atoms with Gasteiger partial charge in [-0.15, -0.1) is 11.3 Å². The van der Waals surface area contributed by atoms with E-state index in [9.17, 15) is 4.79 Å². The van der Waals surface area contributed by atoms with E-state index in [1.807, 2.05) is 5.38 Å². The van der Waals surface area contributed by atoms with E-state index in [0.717, 1.165) is 31.1 Å². The molecule has 2 rings (SSSR count). The fourth-order valence-electron chi connectivity index (χ4n) is 2.10. The monoisotopic (exact) mass is 267 g/mol. The molecule has 1 fully saturated rings. The first kappa shape index (κ1) is 13.5. The molecule has 100 valence electrons. The van der Waals surface area contributed by atoms with Crippen LogP contribution in [0.2, 0.25) is 0 Å². The molecule has 1 atom stereocenters. The van der Waals surface area contributed by atoms with Crippen molar-refractivity contribution in [3.8, 4) is 0 Å². The van der Waals surface area contributed by atoms with Crippen LogP contribution >= 0.6 is 11.3 Å². The maximum atomic E-state index is 11.9. The molecule has 18 heavy (non-hydrogen) atoms. The minimum absolute atomic E-state index is 0.0379. The third kappa shape index (κ3) is 3.53. The number of carbonyl (C=O) groups excluding carboxylic acids is 1. The molecule has 0 bridgehead atoms. The Kier molecular flexibility index (Phi) is 4.72. The summed E-state index contributed by atoms with van der Waals surface area (Å²) in [7, 11) is 0. The molecule has 1 aliphatic rings. The van der Waals surface area contributed by atoms with Crippen molar-refractivity contribution in [3.63, 3.8) is 0 Å². The van der Waals surface area contributed by atoms with Crippen LogP contribution in [-0.4, -0.2) is 30.5 Å². The standard InChI is InChI=1S/C13H21N3OS/c1-9(2)13-16-11(8-18-13)12(17)15-6-4-10-3-5-14-7-10/h8-10,14H,3-7H2,1-2H3,(H,15,17). The number of carbonyl (C=O) groups is 1. The van der Waals surface area contributed by atoms with Crippen LogP contribution in [0.1, 0.15) is 48.1 Å². The molecule has 2 N–H and O–H groups in total. The lowest BCUT2D eigenvalue weighted by atomic mass is 10.1. The Morgan fingerprint density at radius 1 is 1.67 bits per heavy atom. The Labute approximate surface area is 112 Å². The summed E-state index contributed by atoms with van der Waals surface area (Å²) in [6.45, 7) is 7.13. The number of hydrogen-bond donors (Lipinski definition) is 2. The Morgan fingerprint density at radius 2 is 2.50 bits per heavy atom.